The zero-order valence-electron chi connectivity index (χ0n) is 19.5. The minimum absolute atomic E-state index is 0.194. The van der Waals surface area contributed by atoms with E-state index in [1.807, 2.05) is 13.8 Å². The molecule has 9 heteroatoms. The van der Waals surface area contributed by atoms with Gasteiger partial charge in [-0.1, -0.05) is 18.2 Å². The molecule has 0 unspecified atom stereocenters. The predicted molar refractivity (Wildman–Crippen MR) is 132 cm³/mol. The van der Waals surface area contributed by atoms with Gasteiger partial charge in [-0.05, 0) is 85.1 Å². The number of aryl methyl sites for hydroxylation is 2. The van der Waals surface area contributed by atoms with Crippen LogP contribution in [0.2, 0.25) is 0 Å². The van der Waals surface area contributed by atoms with Gasteiger partial charge in [-0.3, -0.25) is 19.7 Å². The first-order valence-corrected chi connectivity index (χ1v) is 11.0. The third-order valence-corrected chi connectivity index (χ3v) is 5.54. The number of hydrogen-bond acceptors (Lipinski definition) is 5. The van der Waals surface area contributed by atoms with Gasteiger partial charge in [0.15, 0.2) is 6.61 Å². The van der Waals surface area contributed by atoms with E-state index in [-0.39, 0.29) is 12.2 Å². The molecule has 0 radical (unpaired) electrons. The van der Waals surface area contributed by atoms with Crippen LogP contribution in [0.3, 0.4) is 0 Å². The minimum Gasteiger partial charge on any atom is -0.484 e. The van der Waals surface area contributed by atoms with Crippen LogP contribution in [0.4, 0.5) is 20.6 Å². The Morgan fingerprint density at radius 3 is 2.33 bits per heavy atom. The second-order valence-electron chi connectivity index (χ2n) is 8.14. The lowest BCUT2D eigenvalue weighted by Crippen LogP contribution is -2.54. The highest BCUT2D eigenvalue weighted by Gasteiger charge is 2.36. The second-order valence-corrected chi connectivity index (χ2v) is 8.14. The molecule has 5 amide bonds. The van der Waals surface area contributed by atoms with Gasteiger partial charge >= 0.3 is 6.03 Å². The predicted octanol–water partition coefficient (Wildman–Crippen LogP) is 4.13. The van der Waals surface area contributed by atoms with E-state index in [0.29, 0.717) is 22.7 Å². The number of amides is 5. The fraction of sp³-hybridized carbons (Fsp3) is 0.111. The lowest BCUT2D eigenvalue weighted by molar-refractivity contribution is -0.122. The van der Waals surface area contributed by atoms with Crippen molar-refractivity contribution >= 4 is 41.2 Å². The van der Waals surface area contributed by atoms with Gasteiger partial charge in [-0.2, -0.15) is 0 Å². The third-order valence-electron chi connectivity index (χ3n) is 5.54. The van der Waals surface area contributed by atoms with E-state index in [9.17, 15) is 23.6 Å². The minimum atomic E-state index is -0.812. The molecule has 1 fully saturated rings. The zero-order valence-corrected chi connectivity index (χ0v) is 19.5. The fourth-order valence-electron chi connectivity index (χ4n) is 3.46. The molecule has 182 valence electrons. The average molecular weight is 487 g/mol. The molecule has 1 saturated heterocycles. The highest BCUT2D eigenvalue weighted by atomic mass is 19.1. The van der Waals surface area contributed by atoms with Crippen LogP contribution < -0.4 is 20.3 Å². The van der Waals surface area contributed by atoms with Crippen LogP contribution in [-0.4, -0.2) is 30.4 Å². The summed E-state index contributed by atoms with van der Waals surface area (Å²) >= 11 is 0. The molecule has 4 rings (SSSR count). The maximum absolute atomic E-state index is 13.0. The van der Waals surface area contributed by atoms with Crippen molar-refractivity contribution in [1.82, 2.24) is 5.32 Å². The van der Waals surface area contributed by atoms with Gasteiger partial charge in [0.05, 0.1) is 5.69 Å². The highest BCUT2D eigenvalue weighted by Crippen LogP contribution is 2.24. The summed E-state index contributed by atoms with van der Waals surface area (Å²) in [6.45, 7) is 3.51. The number of nitrogens with zero attached hydrogens (tertiary/aromatic N) is 1. The Morgan fingerprint density at radius 1 is 0.972 bits per heavy atom. The molecule has 0 atom stereocenters. The quantitative estimate of drug-likeness (QED) is 0.402. The average Bonchev–Trinajstić information content (AvgIpc) is 2.85. The molecule has 1 aliphatic rings. The number of ether oxygens (including phenoxy) is 1. The fourth-order valence-corrected chi connectivity index (χ4v) is 3.46. The molecular weight excluding hydrogens is 465 g/mol. The summed E-state index contributed by atoms with van der Waals surface area (Å²) in [4.78, 5) is 50.8. The van der Waals surface area contributed by atoms with E-state index in [1.165, 1.54) is 30.3 Å². The molecule has 1 aliphatic heterocycles. The summed E-state index contributed by atoms with van der Waals surface area (Å²) in [5, 5.41) is 4.79. The Kier molecular flexibility index (Phi) is 6.91. The van der Waals surface area contributed by atoms with Gasteiger partial charge in [0.2, 0.25) is 0 Å². The number of barbiturate groups is 1. The van der Waals surface area contributed by atoms with Crippen LogP contribution >= 0.6 is 0 Å². The van der Waals surface area contributed by atoms with Gasteiger partial charge in [-0.15, -0.1) is 0 Å². The van der Waals surface area contributed by atoms with Crippen LogP contribution in [0, 0.1) is 19.7 Å². The number of halogens is 1. The SMILES string of the molecule is Cc1ccc(N2C(=O)NC(=O)C(=Cc3ccc(OCC(=O)Nc4ccc(F)cc4)cc3)C2=O)cc1C. The molecule has 2 N–H and O–H groups in total. The molecule has 3 aromatic carbocycles. The lowest BCUT2D eigenvalue weighted by Gasteiger charge is -2.26. The van der Waals surface area contributed by atoms with Crippen LogP contribution in [0.5, 0.6) is 5.75 Å². The highest BCUT2D eigenvalue weighted by molar-refractivity contribution is 6.39. The van der Waals surface area contributed by atoms with E-state index in [2.05, 4.69) is 10.6 Å². The molecule has 0 aliphatic carbocycles. The molecule has 3 aromatic rings. The van der Waals surface area contributed by atoms with Gasteiger partial charge in [0.1, 0.15) is 17.1 Å². The largest absolute Gasteiger partial charge is 0.484 e. The van der Waals surface area contributed by atoms with Crippen molar-refractivity contribution in [3.63, 3.8) is 0 Å². The first-order chi connectivity index (χ1) is 17.2. The first kappa shape index (κ1) is 24.3. The number of nitrogens with one attached hydrogen (secondary N) is 2. The number of urea groups is 1. The Morgan fingerprint density at radius 2 is 1.67 bits per heavy atom. The lowest BCUT2D eigenvalue weighted by atomic mass is 10.1. The smallest absolute Gasteiger partial charge is 0.335 e. The van der Waals surface area contributed by atoms with Crippen LogP contribution in [0.25, 0.3) is 6.08 Å². The van der Waals surface area contributed by atoms with E-state index >= 15 is 0 Å². The molecule has 0 spiro atoms. The van der Waals surface area contributed by atoms with Crippen molar-refractivity contribution in [1.29, 1.82) is 0 Å². The normalized spacial score (nSPS) is 14.6. The molecule has 0 aromatic heterocycles. The number of hydrogen-bond donors (Lipinski definition) is 2. The van der Waals surface area contributed by atoms with Gasteiger partial charge < -0.3 is 10.1 Å². The van der Waals surface area contributed by atoms with E-state index < -0.39 is 29.6 Å². The number of anilines is 2. The van der Waals surface area contributed by atoms with Crippen molar-refractivity contribution < 1.29 is 28.3 Å². The van der Waals surface area contributed by atoms with Crippen molar-refractivity contribution in [2.24, 2.45) is 0 Å². The summed E-state index contributed by atoms with van der Waals surface area (Å²) in [6, 6.07) is 16.1. The second kappa shape index (κ2) is 10.2. The molecule has 8 nitrogen and oxygen atoms in total. The number of imide groups is 2. The molecule has 0 saturated carbocycles. The first-order valence-electron chi connectivity index (χ1n) is 11.0. The van der Waals surface area contributed by atoms with Crippen LogP contribution in [-0.2, 0) is 14.4 Å². The monoisotopic (exact) mass is 487 g/mol. The summed E-state index contributed by atoms with van der Waals surface area (Å²) in [7, 11) is 0. The number of carbonyl (C=O) groups excluding carboxylic acids is 4. The van der Waals surface area contributed by atoms with Crippen molar-refractivity contribution in [2.45, 2.75) is 13.8 Å². The van der Waals surface area contributed by atoms with Gasteiger partial charge in [-0.25, -0.2) is 14.1 Å². The summed E-state index contributed by atoms with van der Waals surface area (Å²) in [5.41, 5.74) is 3.03. The summed E-state index contributed by atoms with van der Waals surface area (Å²) in [6.07, 6.45) is 1.38. The Bertz CT molecular complexity index is 1380. The van der Waals surface area contributed by atoms with Crippen molar-refractivity contribution in [2.75, 3.05) is 16.8 Å². The molecule has 1 heterocycles. The molecular formula is C27H22FN3O5. The number of carbonyl (C=O) groups is 4. The third kappa shape index (κ3) is 5.47. The molecule has 0 bridgehead atoms. The van der Waals surface area contributed by atoms with Crippen molar-refractivity contribution in [3.05, 3.63) is 94.8 Å². The topological polar surface area (TPSA) is 105 Å². The maximum atomic E-state index is 13.0. The Balaban J connectivity index is 1.44. The Labute approximate surface area is 206 Å². The van der Waals surface area contributed by atoms with Crippen LogP contribution in [0.1, 0.15) is 16.7 Å². The Hall–Kier alpha value is -4.79. The zero-order chi connectivity index (χ0) is 25.8. The van der Waals surface area contributed by atoms with Crippen LogP contribution in [0.15, 0.2) is 72.3 Å². The molecule has 36 heavy (non-hydrogen) atoms. The van der Waals surface area contributed by atoms with E-state index in [0.717, 1.165) is 16.0 Å². The number of benzene rings is 3. The van der Waals surface area contributed by atoms with E-state index in [4.69, 9.17) is 4.74 Å². The summed E-state index contributed by atoms with van der Waals surface area (Å²) < 4.78 is 18.4. The summed E-state index contributed by atoms with van der Waals surface area (Å²) in [5.74, 6) is -1.96. The maximum Gasteiger partial charge on any atom is 0.335 e. The standard InChI is InChI=1S/C27H22FN3O5/c1-16-3-10-21(13-17(16)2)31-26(34)23(25(33)30-27(31)35)14-18-4-11-22(12-5-18)36-15-24(32)29-20-8-6-19(28)7-9-20/h3-14H,15H2,1-2H3,(H,29,32)(H,30,33,35). The van der Waals surface area contributed by atoms with Gasteiger partial charge in [0.25, 0.3) is 17.7 Å². The van der Waals surface area contributed by atoms with Crippen molar-refractivity contribution in [3.8, 4) is 5.75 Å². The van der Waals surface area contributed by atoms with E-state index in [1.54, 1.807) is 42.5 Å². The van der Waals surface area contributed by atoms with Gasteiger partial charge in [0, 0.05) is 5.69 Å². The number of rotatable bonds is 6.